The van der Waals surface area contributed by atoms with Crippen molar-refractivity contribution in [3.8, 4) is 0 Å². The van der Waals surface area contributed by atoms with Crippen molar-refractivity contribution in [3.05, 3.63) is 10.6 Å². The lowest BCUT2D eigenvalue weighted by molar-refractivity contribution is 0.163. The summed E-state index contributed by atoms with van der Waals surface area (Å²) in [6, 6.07) is 0. The van der Waals surface area contributed by atoms with Gasteiger partial charge in [-0.15, -0.1) is 0 Å². The molecule has 4 nitrogen and oxygen atoms in total. The SMILES string of the molecule is COCCn1c(C2CCC(C(C)(C)C)CC2)n[nH]c1=S. The number of rotatable bonds is 4. The number of methoxy groups -OCH3 is 1. The first-order chi connectivity index (χ1) is 9.43. The Kier molecular flexibility index (Phi) is 5.02. The lowest BCUT2D eigenvalue weighted by Crippen LogP contribution is -2.26. The number of nitrogens with one attached hydrogen (secondary N) is 1. The summed E-state index contributed by atoms with van der Waals surface area (Å²) >= 11 is 5.33. The second kappa shape index (κ2) is 6.39. The van der Waals surface area contributed by atoms with Crippen molar-refractivity contribution >= 4 is 12.2 Å². The number of aromatic nitrogens is 3. The van der Waals surface area contributed by atoms with Crippen LogP contribution in [-0.2, 0) is 11.3 Å². The van der Waals surface area contributed by atoms with Gasteiger partial charge in [0.25, 0.3) is 0 Å². The molecule has 0 aliphatic heterocycles. The second-order valence-corrected chi connectivity index (χ2v) is 7.33. The highest BCUT2D eigenvalue weighted by Crippen LogP contribution is 2.42. The highest BCUT2D eigenvalue weighted by Gasteiger charge is 2.31. The van der Waals surface area contributed by atoms with Crippen molar-refractivity contribution < 1.29 is 4.74 Å². The van der Waals surface area contributed by atoms with Crippen molar-refractivity contribution in [1.29, 1.82) is 0 Å². The quantitative estimate of drug-likeness (QED) is 0.857. The standard InChI is InChI=1S/C15H27N3OS/c1-15(2,3)12-7-5-11(6-8-12)13-16-17-14(20)18(13)9-10-19-4/h11-12H,5-10H2,1-4H3,(H,17,20). The number of aromatic amines is 1. The van der Waals surface area contributed by atoms with E-state index >= 15 is 0 Å². The van der Waals surface area contributed by atoms with E-state index in [1.54, 1.807) is 7.11 Å². The molecule has 0 bridgehead atoms. The van der Waals surface area contributed by atoms with Crippen LogP contribution in [0.25, 0.3) is 0 Å². The van der Waals surface area contributed by atoms with E-state index < -0.39 is 0 Å². The van der Waals surface area contributed by atoms with Crippen molar-refractivity contribution in [2.24, 2.45) is 11.3 Å². The van der Waals surface area contributed by atoms with Crippen molar-refractivity contribution in [2.45, 2.75) is 58.9 Å². The van der Waals surface area contributed by atoms with E-state index in [1.807, 2.05) is 0 Å². The molecule has 1 saturated carbocycles. The topological polar surface area (TPSA) is 42.8 Å². The second-order valence-electron chi connectivity index (χ2n) is 6.95. The third-order valence-electron chi connectivity index (χ3n) is 4.62. The van der Waals surface area contributed by atoms with Gasteiger partial charge in [-0.25, -0.2) is 0 Å². The summed E-state index contributed by atoms with van der Waals surface area (Å²) in [4.78, 5) is 0. The van der Waals surface area contributed by atoms with Crippen LogP contribution in [-0.4, -0.2) is 28.5 Å². The molecule has 0 spiro atoms. The molecular weight excluding hydrogens is 270 g/mol. The third kappa shape index (κ3) is 3.50. The van der Waals surface area contributed by atoms with Gasteiger partial charge in [0.15, 0.2) is 4.77 Å². The Balaban J connectivity index is 2.05. The molecule has 0 saturated heterocycles. The molecule has 0 aromatic carbocycles. The zero-order valence-electron chi connectivity index (χ0n) is 13.1. The van der Waals surface area contributed by atoms with E-state index in [-0.39, 0.29) is 0 Å². The molecule has 2 rings (SSSR count). The summed E-state index contributed by atoms with van der Waals surface area (Å²) in [6.07, 6.45) is 5.01. The van der Waals surface area contributed by atoms with Gasteiger partial charge in [0.2, 0.25) is 0 Å². The first kappa shape index (κ1) is 15.7. The van der Waals surface area contributed by atoms with Crippen LogP contribution in [0.2, 0.25) is 0 Å². The maximum Gasteiger partial charge on any atom is 0.195 e. The van der Waals surface area contributed by atoms with Crippen LogP contribution in [0.1, 0.15) is 58.2 Å². The van der Waals surface area contributed by atoms with Gasteiger partial charge in [0.05, 0.1) is 6.61 Å². The average molecular weight is 297 g/mol. The Morgan fingerprint density at radius 1 is 1.30 bits per heavy atom. The van der Waals surface area contributed by atoms with Crippen molar-refractivity contribution in [2.75, 3.05) is 13.7 Å². The Bertz CT molecular complexity index is 478. The minimum Gasteiger partial charge on any atom is -0.383 e. The average Bonchev–Trinajstić information content (AvgIpc) is 2.77. The van der Waals surface area contributed by atoms with Crippen LogP contribution < -0.4 is 0 Å². The highest BCUT2D eigenvalue weighted by atomic mass is 32.1. The van der Waals surface area contributed by atoms with Crippen molar-refractivity contribution in [1.82, 2.24) is 14.8 Å². The summed E-state index contributed by atoms with van der Waals surface area (Å²) in [5.41, 5.74) is 0.422. The van der Waals surface area contributed by atoms with Crippen LogP contribution in [0, 0.1) is 16.1 Å². The van der Waals surface area contributed by atoms with Gasteiger partial charge in [-0.3, -0.25) is 5.10 Å². The van der Waals surface area contributed by atoms with Crippen LogP contribution in [0.15, 0.2) is 0 Å². The molecule has 114 valence electrons. The van der Waals surface area contributed by atoms with E-state index in [1.165, 1.54) is 25.7 Å². The van der Waals surface area contributed by atoms with Gasteiger partial charge >= 0.3 is 0 Å². The third-order valence-corrected chi connectivity index (χ3v) is 4.94. The molecule has 0 unspecified atom stereocenters. The van der Waals surface area contributed by atoms with E-state index in [0.29, 0.717) is 17.9 Å². The molecule has 1 N–H and O–H groups in total. The molecule has 1 aliphatic rings. The fourth-order valence-corrected chi connectivity index (χ4v) is 3.49. The fraction of sp³-hybridized carbons (Fsp3) is 0.867. The lowest BCUT2D eigenvalue weighted by Gasteiger charge is -2.36. The molecule has 1 aromatic rings. The largest absolute Gasteiger partial charge is 0.383 e. The van der Waals surface area contributed by atoms with Crippen LogP contribution >= 0.6 is 12.2 Å². The predicted molar refractivity (Wildman–Crippen MR) is 83.4 cm³/mol. The zero-order valence-corrected chi connectivity index (χ0v) is 13.9. The molecule has 1 fully saturated rings. The first-order valence-electron chi connectivity index (χ1n) is 7.57. The maximum atomic E-state index is 5.33. The highest BCUT2D eigenvalue weighted by molar-refractivity contribution is 7.71. The molecule has 20 heavy (non-hydrogen) atoms. The van der Waals surface area contributed by atoms with Crippen LogP contribution in [0.5, 0.6) is 0 Å². The van der Waals surface area contributed by atoms with Gasteiger partial charge in [0, 0.05) is 19.6 Å². The maximum absolute atomic E-state index is 5.33. The van der Waals surface area contributed by atoms with Gasteiger partial charge in [-0.05, 0) is 49.2 Å². The normalized spacial score (nSPS) is 24.0. The summed E-state index contributed by atoms with van der Waals surface area (Å²) < 4.78 is 8.00. The zero-order chi connectivity index (χ0) is 14.8. The van der Waals surface area contributed by atoms with E-state index in [9.17, 15) is 0 Å². The first-order valence-corrected chi connectivity index (χ1v) is 7.98. The lowest BCUT2D eigenvalue weighted by atomic mass is 9.69. The molecule has 0 atom stereocenters. The van der Waals surface area contributed by atoms with Gasteiger partial charge in [0.1, 0.15) is 5.82 Å². The summed E-state index contributed by atoms with van der Waals surface area (Å²) in [7, 11) is 1.72. The fourth-order valence-electron chi connectivity index (χ4n) is 3.26. The van der Waals surface area contributed by atoms with Crippen LogP contribution in [0.3, 0.4) is 0 Å². The van der Waals surface area contributed by atoms with Gasteiger partial charge < -0.3 is 9.30 Å². The number of hydrogen-bond acceptors (Lipinski definition) is 3. The van der Waals surface area contributed by atoms with Gasteiger partial charge in [-0.2, -0.15) is 5.10 Å². The number of ether oxygens (including phenoxy) is 1. The molecule has 1 aliphatic carbocycles. The molecule has 1 heterocycles. The summed E-state index contributed by atoms with van der Waals surface area (Å²) in [5, 5.41) is 7.41. The Hall–Kier alpha value is -0.680. The monoisotopic (exact) mass is 297 g/mol. The summed E-state index contributed by atoms with van der Waals surface area (Å²) in [6.45, 7) is 8.53. The molecule has 0 radical (unpaired) electrons. The molecule has 1 aromatic heterocycles. The smallest absolute Gasteiger partial charge is 0.195 e. The van der Waals surface area contributed by atoms with E-state index in [2.05, 4.69) is 35.5 Å². The predicted octanol–water partition coefficient (Wildman–Crippen LogP) is 3.91. The minimum atomic E-state index is 0.422. The molecule has 5 heteroatoms. The van der Waals surface area contributed by atoms with E-state index in [4.69, 9.17) is 17.0 Å². The Labute approximate surface area is 126 Å². The Morgan fingerprint density at radius 2 is 1.95 bits per heavy atom. The summed E-state index contributed by atoms with van der Waals surface area (Å²) in [5.74, 6) is 2.49. The van der Waals surface area contributed by atoms with E-state index in [0.717, 1.165) is 23.1 Å². The molecular formula is C15H27N3OS. The minimum absolute atomic E-state index is 0.422. The van der Waals surface area contributed by atoms with Crippen molar-refractivity contribution in [3.63, 3.8) is 0 Å². The van der Waals surface area contributed by atoms with Gasteiger partial charge in [-0.1, -0.05) is 20.8 Å². The number of nitrogens with zero attached hydrogens (tertiary/aromatic N) is 2. The Morgan fingerprint density at radius 3 is 2.50 bits per heavy atom. The molecule has 0 amide bonds. The number of H-pyrrole nitrogens is 1. The van der Waals surface area contributed by atoms with Crippen LogP contribution in [0.4, 0.5) is 0 Å². The number of hydrogen-bond donors (Lipinski definition) is 1.